The highest BCUT2D eigenvalue weighted by Crippen LogP contribution is 2.30. The lowest BCUT2D eigenvalue weighted by atomic mass is 10.1. The minimum atomic E-state index is -0.924. The number of hydrogen-bond acceptors (Lipinski definition) is 7. The van der Waals surface area contributed by atoms with Gasteiger partial charge in [-0.05, 0) is 50.5 Å². The van der Waals surface area contributed by atoms with E-state index in [2.05, 4.69) is 4.90 Å². The number of rotatable bonds is 5. The third-order valence-electron chi connectivity index (χ3n) is 4.94. The first kappa shape index (κ1) is 21.3. The normalized spacial score (nSPS) is 13.6. The van der Waals surface area contributed by atoms with Crippen LogP contribution in [0, 0.1) is 27.2 Å². The van der Waals surface area contributed by atoms with Crippen LogP contribution in [-0.4, -0.2) is 38.8 Å². The van der Waals surface area contributed by atoms with Crippen molar-refractivity contribution in [1.82, 2.24) is 4.90 Å². The molecule has 9 nitrogen and oxygen atoms in total. The molecule has 2 aromatic rings. The number of hydrogen-bond donors (Lipinski definition) is 0. The standard InChI is InChI=1S/C20H19N3O6S/c1-13-17(22(25)26)11-15(12-18(13)23(27)28)20(24)29-16-7-5-14(6-8-16)19(30)21-9-3-2-4-10-21/h5-8,11-12H,2-4,9-10H2,1H3. The Balaban J connectivity index is 1.78. The Kier molecular flexibility index (Phi) is 6.36. The van der Waals surface area contributed by atoms with E-state index in [4.69, 9.17) is 17.0 Å². The molecule has 0 atom stereocenters. The van der Waals surface area contributed by atoms with Crippen molar-refractivity contribution in [3.05, 3.63) is 73.3 Å². The first-order valence-electron chi connectivity index (χ1n) is 9.33. The van der Waals surface area contributed by atoms with Crippen molar-refractivity contribution in [3.8, 4) is 5.75 Å². The summed E-state index contributed by atoms with van der Waals surface area (Å²) < 4.78 is 5.25. The molecular formula is C20H19N3O6S. The number of esters is 1. The van der Waals surface area contributed by atoms with Crippen LogP contribution in [0.1, 0.15) is 40.7 Å². The first-order chi connectivity index (χ1) is 14.3. The van der Waals surface area contributed by atoms with Gasteiger partial charge < -0.3 is 9.64 Å². The molecule has 30 heavy (non-hydrogen) atoms. The van der Waals surface area contributed by atoms with E-state index in [0.717, 1.165) is 48.6 Å². The van der Waals surface area contributed by atoms with Crippen LogP contribution in [0.4, 0.5) is 11.4 Å². The fourth-order valence-corrected chi connectivity index (χ4v) is 3.61. The number of likely N-dealkylation sites (tertiary alicyclic amines) is 1. The van der Waals surface area contributed by atoms with Gasteiger partial charge in [0.25, 0.3) is 11.4 Å². The molecule has 1 aliphatic heterocycles. The Morgan fingerprint density at radius 1 is 0.967 bits per heavy atom. The van der Waals surface area contributed by atoms with E-state index >= 15 is 0 Å². The Labute approximate surface area is 177 Å². The van der Waals surface area contributed by atoms with Crippen molar-refractivity contribution in [1.29, 1.82) is 0 Å². The molecule has 0 aromatic heterocycles. The largest absolute Gasteiger partial charge is 0.423 e. The molecule has 1 fully saturated rings. The van der Waals surface area contributed by atoms with Gasteiger partial charge in [0.1, 0.15) is 16.3 Å². The summed E-state index contributed by atoms with van der Waals surface area (Å²) in [4.78, 5) is 36.1. The Morgan fingerprint density at radius 3 is 2.00 bits per heavy atom. The van der Waals surface area contributed by atoms with Crippen LogP contribution >= 0.6 is 12.2 Å². The van der Waals surface area contributed by atoms with Crippen molar-refractivity contribution >= 4 is 34.6 Å². The van der Waals surface area contributed by atoms with E-state index in [0.29, 0.717) is 0 Å². The molecule has 0 saturated carbocycles. The van der Waals surface area contributed by atoms with Gasteiger partial charge in [-0.2, -0.15) is 0 Å². The molecule has 2 aromatic carbocycles. The number of nitro benzene ring substituents is 2. The molecule has 0 bridgehead atoms. The third kappa shape index (κ3) is 4.60. The second-order valence-electron chi connectivity index (χ2n) is 6.92. The van der Waals surface area contributed by atoms with Gasteiger partial charge in [-0.3, -0.25) is 20.2 Å². The molecule has 0 aliphatic carbocycles. The molecule has 0 N–H and O–H groups in total. The molecular weight excluding hydrogens is 410 g/mol. The highest BCUT2D eigenvalue weighted by Gasteiger charge is 2.26. The van der Waals surface area contributed by atoms with E-state index in [9.17, 15) is 25.0 Å². The average molecular weight is 429 g/mol. The SMILES string of the molecule is Cc1c([N+](=O)[O-])cc(C(=O)Oc2ccc(C(=S)N3CCCCC3)cc2)cc1[N+](=O)[O-]. The summed E-state index contributed by atoms with van der Waals surface area (Å²) in [6, 6.07) is 8.56. The smallest absolute Gasteiger partial charge is 0.344 e. The fourth-order valence-electron chi connectivity index (χ4n) is 3.29. The molecule has 3 rings (SSSR count). The van der Waals surface area contributed by atoms with Gasteiger partial charge in [0.2, 0.25) is 0 Å². The minimum absolute atomic E-state index is 0.128. The van der Waals surface area contributed by atoms with E-state index < -0.39 is 27.2 Å². The molecule has 0 spiro atoms. The number of carbonyl (C=O) groups is 1. The van der Waals surface area contributed by atoms with E-state index in [-0.39, 0.29) is 16.9 Å². The topological polar surface area (TPSA) is 116 Å². The number of ether oxygens (including phenoxy) is 1. The summed E-state index contributed by atoms with van der Waals surface area (Å²) in [6.45, 7) is 3.09. The third-order valence-corrected chi connectivity index (χ3v) is 5.43. The number of benzene rings is 2. The molecule has 0 amide bonds. The molecule has 0 radical (unpaired) electrons. The number of nitrogens with zero attached hydrogens (tertiary/aromatic N) is 3. The maximum atomic E-state index is 12.4. The van der Waals surface area contributed by atoms with Gasteiger partial charge in [-0.25, -0.2) is 4.79 Å². The lowest BCUT2D eigenvalue weighted by molar-refractivity contribution is -0.395. The highest BCUT2D eigenvalue weighted by molar-refractivity contribution is 7.80. The van der Waals surface area contributed by atoms with Gasteiger partial charge in [0, 0.05) is 30.8 Å². The van der Waals surface area contributed by atoms with Gasteiger partial charge in [-0.15, -0.1) is 0 Å². The van der Waals surface area contributed by atoms with Gasteiger partial charge in [-0.1, -0.05) is 12.2 Å². The van der Waals surface area contributed by atoms with Crippen LogP contribution in [-0.2, 0) is 0 Å². The van der Waals surface area contributed by atoms with Crippen molar-refractivity contribution in [2.24, 2.45) is 0 Å². The number of piperidine rings is 1. The lowest BCUT2D eigenvalue weighted by Gasteiger charge is -2.29. The summed E-state index contributed by atoms with van der Waals surface area (Å²) in [5, 5.41) is 22.4. The lowest BCUT2D eigenvalue weighted by Crippen LogP contribution is -2.34. The summed E-state index contributed by atoms with van der Waals surface area (Å²) in [6.07, 6.45) is 3.40. The van der Waals surface area contributed by atoms with Crippen LogP contribution in [0.25, 0.3) is 0 Å². The average Bonchev–Trinajstić information content (AvgIpc) is 2.74. The zero-order valence-corrected chi connectivity index (χ0v) is 17.0. The van der Waals surface area contributed by atoms with Gasteiger partial charge in [0.05, 0.1) is 15.4 Å². The van der Waals surface area contributed by atoms with E-state index in [1.807, 2.05) is 0 Å². The Bertz CT molecular complexity index is 981. The van der Waals surface area contributed by atoms with Crippen LogP contribution in [0.2, 0.25) is 0 Å². The van der Waals surface area contributed by atoms with Crippen LogP contribution < -0.4 is 4.74 Å². The maximum Gasteiger partial charge on any atom is 0.344 e. The number of thiocarbonyl (C=S) groups is 1. The van der Waals surface area contributed by atoms with E-state index in [1.165, 1.54) is 13.3 Å². The number of carbonyl (C=O) groups excluding carboxylic acids is 1. The summed E-state index contributed by atoms with van der Waals surface area (Å²) in [7, 11) is 0. The summed E-state index contributed by atoms with van der Waals surface area (Å²) >= 11 is 5.53. The van der Waals surface area contributed by atoms with Crippen molar-refractivity contribution in [3.63, 3.8) is 0 Å². The van der Waals surface area contributed by atoms with Gasteiger partial charge in [0.15, 0.2) is 0 Å². The molecule has 156 valence electrons. The summed E-state index contributed by atoms with van der Waals surface area (Å²) in [5.74, 6) is -0.719. The Hall–Kier alpha value is -3.40. The second-order valence-corrected chi connectivity index (χ2v) is 7.31. The number of nitro groups is 2. The predicted octanol–water partition coefficient (Wildman–Crippen LogP) is 4.19. The predicted molar refractivity (Wildman–Crippen MR) is 113 cm³/mol. The molecule has 10 heteroatoms. The van der Waals surface area contributed by atoms with Gasteiger partial charge >= 0.3 is 5.97 Å². The zero-order chi connectivity index (χ0) is 21.8. The minimum Gasteiger partial charge on any atom is -0.423 e. The second kappa shape index (κ2) is 8.95. The summed E-state index contributed by atoms with van der Waals surface area (Å²) in [5.41, 5.74) is -0.603. The Morgan fingerprint density at radius 2 is 1.50 bits per heavy atom. The quantitative estimate of drug-likeness (QED) is 0.228. The van der Waals surface area contributed by atoms with E-state index in [1.54, 1.807) is 24.3 Å². The molecule has 1 aliphatic rings. The molecule has 1 heterocycles. The first-order valence-corrected chi connectivity index (χ1v) is 9.73. The van der Waals surface area contributed by atoms with Crippen LogP contribution in [0.3, 0.4) is 0 Å². The van der Waals surface area contributed by atoms with Crippen molar-refractivity contribution in [2.45, 2.75) is 26.2 Å². The highest BCUT2D eigenvalue weighted by atomic mass is 32.1. The zero-order valence-electron chi connectivity index (χ0n) is 16.2. The molecule has 0 unspecified atom stereocenters. The monoisotopic (exact) mass is 429 g/mol. The van der Waals surface area contributed by atoms with Crippen molar-refractivity contribution in [2.75, 3.05) is 13.1 Å². The fraction of sp³-hybridized carbons (Fsp3) is 0.300. The maximum absolute atomic E-state index is 12.4. The van der Waals surface area contributed by atoms with Crippen molar-refractivity contribution < 1.29 is 19.4 Å². The van der Waals surface area contributed by atoms with Crippen LogP contribution in [0.15, 0.2) is 36.4 Å². The molecule has 1 saturated heterocycles. The van der Waals surface area contributed by atoms with Crippen LogP contribution in [0.5, 0.6) is 5.75 Å².